The summed E-state index contributed by atoms with van der Waals surface area (Å²) in [4.78, 5) is 11.4. The zero-order valence-electron chi connectivity index (χ0n) is 14.6. The molecule has 0 aliphatic heterocycles. The summed E-state index contributed by atoms with van der Waals surface area (Å²) in [7, 11) is 0. The van der Waals surface area contributed by atoms with E-state index in [2.05, 4.69) is 6.58 Å². The number of nitrogen functional groups attached to an aromatic ring is 1. The zero-order valence-corrected chi connectivity index (χ0v) is 14.6. The molecule has 132 valence electrons. The van der Waals surface area contributed by atoms with Crippen molar-refractivity contribution in [3.63, 3.8) is 0 Å². The van der Waals surface area contributed by atoms with Crippen molar-refractivity contribution >= 4 is 11.7 Å². The van der Waals surface area contributed by atoms with Crippen LogP contribution in [0.1, 0.15) is 43.0 Å². The molecule has 2 rings (SSSR count). The average Bonchev–Trinajstić information content (AvgIpc) is 2.60. The zero-order chi connectivity index (χ0) is 18.2. The molecule has 0 fully saturated rings. The quantitative estimate of drug-likeness (QED) is 0.376. The number of carboxylic acids is 1. The number of allylic oxidation sites excluding steroid dienone is 1. The van der Waals surface area contributed by atoms with Crippen molar-refractivity contribution in [2.24, 2.45) is 0 Å². The second-order valence-electron chi connectivity index (χ2n) is 6.10. The molecule has 2 aromatic rings. The van der Waals surface area contributed by atoms with E-state index in [9.17, 15) is 9.90 Å². The van der Waals surface area contributed by atoms with Gasteiger partial charge in [-0.1, -0.05) is 30.3 Å². The first-order chi connectivity index (χ1) is 12.0. The summed E-state index contributed by atoms with van der Waals surface area (Å²) in [5.41, 5.74) is 8.30. The Morgan fingerprint density at radius 1 is 1.28 bits per heavy atom. The largest absolute Gasteiger partial charge is 0.489 e. The first-order valence-corrected chi connectivity index (χ1v) is 8.52. The van der Waals surface area contributed by atoms with Gasteiger partial charge in [-0.15, -0.1) is 6.58 Å². The van der Waals surface area contributed by atoms with Gasteiger partial charge in [-0.2, -0.15) is 0 Å². The van der Waals surface area contributed by atoms with E-state index in [4.69, 9.17) is 10.5 Å². The maximum atomic E-state index is 11.4. The first kappa shape index (κ1) is 18.6. The number of benzene rings is 2. The van der Waals surface area contributed by atoms with Crippen LogP contribution in [0.25, 0.3) is 11.1 Å². The molecule has 0 spiro atoms. The van der Waals surface area contributed by atoms with E-state index in [1.54, 1.807) is 24.3 Å². The molecule has 0 aliphatic rings. The molecular formula is C21H25NO3. The summed E-state index contributed by atoms with van der Waals surface area (Å²) >= 11 is 0. The summed E-state index contributed by atoms with van der Waals surface area (Å²) in [5, 5.41) is 9.33. The van der Waals surface area contributed by atoms with E-state index in [0.717, 1.165) is 31.2 Å². The third kappa shape index (κ3) is 5.11. The van der Waals surface area contributed by atoms with Gasteiger partial charge in [-0.25, -0.2) is 4.79 Å². The number of aromatic carboxylic acids is 1. The third-order valence-corrected chi connectivity index (χ3v) is 4.08. The summed E-state index contributed by atoms with van der Waals surface area (Å²) in [5.74, 6) is -0.324. The summed E-state index contributed by atoms with van der Waals surface area (Å²) < 4.78 is 5.93. The lowest BCUT2D eigenvalue weighted by Gasteiger charge is -2.17. The lowest BCUT2D eigenvalue weighted by atomic mass is 9.99. The standard InChI is InChI=1S/C21H25NO3/c1-3-4-5-6-9-15(2)25-20-13-12-16(14-19(20)22)17-10-7-8-11-18(17)21(23)24/h3,7-8,10-15H,1,4-6,9,22H2,2H3,(H,23,24)/t15-/m0/s1. The van der Waals surface area contributed by atoms with Crippen molar-refractivity contribution in [2.75, 3.05) is 5.73 Å². The molecule has 0 amide bonds. The van der Waals surface area contributed by atoms with Gasteiger partial charge in [0.25, 0.3) is 0 Å². The molecule has 0 aromatic heterocycles. The minimum Gasteiger partial charge on any atom is -0.489 e. The van der Waals surface area contributed by atoms with E-state index in [1.807, 2.05) is 31.2 Å². The lowest BCUT2D eigenvalue weighted by Crippen LogP contribution is -2.12. The van der Waals surface area contributed by atoms with Gasteiger partial charge >= 0.3 is 5.97 Å². The summed E-state index contributed by atoms with van der Waals surface area (Å²) in [6.45, 7) is 5.75. The number of unbranched alkanes of at least 4 members (excludes halogenated alkanes) is 2. The first-order valence-electron chi connectivity index (χ1n) is 8.52. The second kappa shape index (κ2) is 8.92. The van der Waals surface area contributed by atoms with Crippen LogP contribution >= 0.6 is 0 Å². The van der Waals surface area contributed by atoms with Crippen molar-refractivity contribution in [3.05, 3.63) is 60.7 Å². The highest BCUT2D eigenvalue weighted by Crippen LogP contribution is 2.31. The molecule has 1 atom stereocenters. The lowest BCUT2D eigenvalue weighted by molar-refractivity contribution is 0.0697. The average molecular weight is 339 g/mol. The number of ether oxygens (including phenoxy) is 1. The van der Waals surface area contributed by atoms with Crippen LogP contribution in [0.3, 0.4) is 0 Å². The van der Waals surface area contributed by atoms with E-state index >= 15 is 0 Å². The van der Waals surface area contributed by atoms with E-state index in [-0.39, 0.29) is 11.7 Å². The summed E-state index contributed by atoms with van der Waals surface area (Å²) in [6, 6.07) is 12.3. The fourth-order valence-corrected chi connectivity index (χ4v) is 2.74. The molecule has 4 nitrogen and oxygen atoms in total. The van der Waals surface area contributed by atoms with Gasteiger partial charge in [0, 0.05) is 0 Å². The number of carbonyl (C=O) groups is 1. The molecule has 25 heavy (non-hydrogen) atoms. The normalized spacial score (nSPS) is 11.7. The fourth-order valence-electron chi connectivity index (χ4n) is 2.74. The van der Waals surface area contributed by atoms with Crippen LogP contribution in [-0.4, -0.2) is 17.2 Å². The van der Waals surface area contributed by atoms with Crippen molar-refractivity contribution in [1.29, 1.82) is 0 Å². The number of hydrogen-bond donors (Lipinski definition) is 2. The number of rotatable bonds is 9. The Balaban J connectivity index is 2.11. The van der Waals surface area contributed by atoms with Gasteiger partial charge in [-0.3, -0.25) is 0 Å². The van der Waals surface area contributed by atoms with Gasteiger partial charge in [-0.05, 0) is 61.9 Å². The Kier molecular flexibility index (Phi) is 6.63. The molecule has 0 saturated carbocycles. The smallest absolute Gasteiger partial charge is 0.336 e. The van der Waals surface area contributed by atoms with Crippen LogP contribution in [0.2, 0.25) is 0 Å². The molecule has 0 heterocycles. The predicted octanol–water partition coefficient (Wildman–Crippen LogP) is 5.15. The number of nitrogens with two attached hydrogens (primary N) is 1. The summed E-state index contributed by atoms with van der Waals surface area (Å²) in [6.07, 6.45) is 6.17. The molecule has 3 N–H and O–H groups in total. The molecule has 0 bridgehead atoms. The van der Waals surface area contributed by atoms with Gasteiger partial charge in [0.05, 0.1) is 17.4 Å². The number of anilines is 1. The van der Waals surface area contributed by atoms with E-state index in [0.29, 0.717) is 17.0 Å². The van der Waals surface area contributed by atoms with Gasteiger partial charge in [0.15, 0.2) is 0 Å². The van der Waals surface area contributed by atoms with Gasteiger partial charge in [0.1, 0.15) is 5.75 Å². The van der Waals surface area contributed by atoms with Crippen LogP contribution < -0.4 is 10.5 Å². The Labute approximate surface area is 148 Å². The monoisotopic (exact) mass is 339 g/mol. The topological polar surface area (TPSA) is 72.5 Å². The third-order valence-electron chi connectivity index (χ3n) is 4.08. The van der Waals surface area contributed by atoms with Crippen molar-refractivity contribution in [3.8, 4) is 16.9 Å². The van der Waals surface area contributed by atoms with Crippen molar-refractivity contribution in [2.45, 2.75) is 38.7 Å². The SMILES string of the molecule is C=CCCCC[C@H](C)Oc1ccc(-c2ccccc2C(=O)O)cc1N. The maximum Gasteiger partial charge on any atom is 0.336 e. The van der Waals surface area contributed by atoms with Crippen molar-refractivity contribution in [1.82, 2.24) is 0 Å². The van der Waals surface area contributed by atoms with Crippen LogP contribution in [-0.2, 0) is 0 Å². The molecule has 0 aliphatic carbocycles. The molecular weight excluding hydrogens is 314 g/mol. The Morgan fingerprint density at radius 3 is 2.72 bits per heavy atom. The van der Waals surface area contributed by atoms with Crippen LogP contribution in [0.4, 0.5) is 5.69 Å². The molecule has 0 unspecified atom stereocenters. The van der Waals surface area contributed by atoms with E-state index < -0.39 is 5.97 Å². The second-order valence-corrected chi connectivity index (χ2v) is 6.10. The minimum absolute atomic E-state index is 0.0734. The highest BCUT2D eigenvalue weighted by molar-refractivity contribution is 5.96. The maximum absolute atomic E-state index is 11.4. The van der Waals surface area contributed by atoms with Crippen LogP contribution in [0.15, 0.2) is 55.1 Å². The Hall–Kier alpha value is -2.75. The molecule has 4 heteroatoms. The Bertz CT molecular complexity index is 740. The van der Waals surface area contributed by atoms with Gasteiger partial charge in [0.2, 0.25) is 0 Å². The molecule has 2 aromatic carbocycles. The minimum atomic E-state index is -0.956. The highest BCUT2D eigenvalue weighted by Gasteiger charge is 2.13. The molecule has 0 saturated heterocycles. The van der Waals surface area contributed by atoms with E-state index in [1.165, 1.54) is 0 Å². The fraction of sp³-hybridized carbons (Fsp3) is 0.286. The number of hydrogen-bond acceptors (Lipinski definition) is 3. The predicted molar refractivity (Wildman–Crippen MR) is 102 cm³/mol. The van der Waals surface area contributed by atoms with Crippen LogP contribution in [0, 0.1) is 0 Å². The molecule has 0 radical (unpaired) electrons. The van der Waals surface area contributed by atoms with Crippen molar-refractivity contribution < 1.29 is 14.6 Å². The highest BCUT2D eigenvalue weighted by atomic mass is 16.5. The van der Waals surface area contributed by atoms with Gasteiger partial charge < -0.3 is 15.6 Å². The van der Waals surface area contributed by atoms with Crippen LogP contribution in [0.5, 0.6) is 5.75 Å². The Morgan fingerprint density at radius 2 is 2.04 bits per heavy atom. The number of carboxylic acid groups (broad SMARTS) is 1.